The molecule has 0 spiro atoms. The highest BCUT2D eigenvalue weighted by atomic mass is 15.1. The Morgan fingerprint density at radius 3 is 2.62 bits per heavy atom. The van der Waals surface area contributed by atoms with Crippen LogP contribution in [-0.2, 0) is 0 Å². The fraction of sp³-hybridized carbons (Fsp3) is 0.571. The van der Waals surface area contributed by atoms with Crippen LogP contribution in [0.2, 0.25) is 0 Å². The SMILES string of the molecule is C=C/C=C(\C=C)N1CCC(CNCC)CC1.[HH]. The molecule has 1 aliphatic heterocycles. The Morgan fingerprint density at radius 2 is 2.12 bits per heavy atom. The first kappa shape index (κ1) is 13.0. The highest BCUT2D eigenvalue weighted by Gasteiger charge is 2.18. The second-order valence-corrected chi connectivity index (χ2v) is 4.27. The van der Waals surface area contributed by atoms with Crippen LogP contribution in [0, 0.1) is 5.92 Å². The smallest absolute Gasteiger partial charge is 0.0360 e. The lowest BCUT2D eigenvalue weighted by atomic mass is 9.96. The largest absolute Gasteiger partial charge is 0.372 e. The van der Waals surface area contributed by atoms with Gasteiger partial charge < -0.3 is 10.2 Å². The van der Waals surface area contributed by atoms with Crippen molar-refractivity contribution in [1.29, 1.82) is 0 Å². The van der Waals surface area contributed by atoms with E-state index in [0.717, 1.165) is 25.6 Å². The molecule has 0 atom stereocenters. The fourth-order valence-corrected chi connectivity index (χ4v) is 2.17. The van der Waals surface area contributed by atoms with Gasteiger partial charge in [0.2, 0.25) is 0 Å². The summed E-state index contributed by atoms with van der Waals surface area (Å²) in [5.74, 6) is 0.839. The first-order valence-electron chi connectivity index (χ1n) is 6.22. The van der Waals surface area contributed by atoms with E-state index >= 15 is 0 Å². The van der Waals surface area contributed by atoms with Crippen LogP contribution in [-0.4, -0.2) is 31.1 Å². The minimum atomic E-state index is 0. The maximum absolute atomic E-state index is 3.85. The molecule has 0 aliphatic carbocycles. The topological polar surface area (TPSA) is 15.3 Å². The van der Waals surface area contributed by atoms with Crippen LogP contribution in [0.4, 0.5) is 0 Å². The normalized spacial score (nSPS) is 18.6. The predicted octanol–water partition coefficient (Wildman–Crippen LogP) is 2.81. The lowest BCUT2D eigenvalue weighted by Gasteiger charge is -2.34. The van der Waals surface area contributed by atoms with Gasteiger partial charge in [-0.25, -0.2) is 0 Å². The van der Waals surface area contributed by atoms with Crippen molar-refractivity contribution >= 4 is 0 Å². The fourth-order valence-electron chi connectivity index (χ4n) is 2.17. The van der Waals surface area contributed by atoms with Crippen LogP contribution in [0.25, 0.3) is 0 Å². The van der Waals surface area contributed by atoms with Gasteiger partial charge in [0.1, 0.15) is 0 Å². The molecule has 2 heteroatoms. The molecule has 1 rings (SSSR count). The maximum atomic E-state index is 3.85. The van der Waals surface area contributed by atoms with E-state index in [1.54, 1.807) is 0 Å². The lowest BCUT2D eigenvalue weighted by molar-refractivity contribution is 0.228. The van der Waals surface area contributed by atoms with Crippen LogP contribution in [0.3, 0.4) is 0 Å². The van der Waals surface area contributed by atoms with E-state index < -0.39 is 0 Å². The Kier molecular flexibility index (Phi) is 5.94. The summed E-state index contributed by atoms with van der Waals surface area (Å²) in [6, 6.07) is 0. The summed E-state index contributed by atoms with van der Waals surface area (Å²) in [7, 11) is 0. The Labute approximate surface area is 101 Å². The van der Waals surface area contributed by atoms with Gasteiger partial charge >= 0.3 is 0 Å². The van der Waals surface area contributed by atoms with Crippen molar-refractivity contribution in [1.82, 2.24) is 10.2 Å². The van der Waals surface area contributed by atoms with Crippen molar-refractivity contribution < 1.29 is 1.43 Å². The molecule has 0 aromatic rings. The molecule has 1 N–H and O–H groups in total. The summed E-state index contributed by atoms with van der Waals surface area (Å²) < 4.78 is 0. The molecule has 1 fully saturated rings. The predicted molar refractivity (Wildman–Crippen MR) is 73.4 cm³/mol. The first-order chi connectivity index (χ1) is 7.81. The Morgan fingerprint density at radius 1 is 1.44 bits per heavy atom. The molecule has 1 aliphatic rings. The molecular formula is C14H26N2. The number of nitrogens with one attached hydrogen (secondary N) is 1. The minimum Gasteiger partial charge on any atom is -0.372 e. The molecule has 0 aromatic heterocycles. The summed E-state index contributed by atoms with van der Waals surface area (Å²) in [4.78, 5) is 2.40. The van der Waals surface area contributed by atoms with Gasteiger partial charge in [0, 0.05) is 20.2 Å². The van der Waals surface area contributed by atoms with Gasteiger partial charge in [-0.05, 0) is 44.0 Å². The molecule has 0 saturated carbocycles. The summed E-state index contributed by atoms with van der Waals surface area (Å²) >= 11 is 0. The zero-order valence-electron chi connectivity index (χ0n) is 10.4. The van der Waals surface area contributed by atoms with Gasteiger partial charge in [-0.3, -0.25) is 0 Å². The van der Waals surface area contributed by atoms with Gasteiger partial charge in [-0.1, -0.05) is 26.2 Å². The molecular weight excluding hydrogens is 196 g/mol. The minimum absolute atomic E-state index is 0. The van der Waals surface area contributed by atoms with Crippen LogP contribution in [0.15, 0.2) is 37.1 Å². The number of likely N-dealkylation sites (tertiary alicyclic amines) is 1. The number of allylic oxidation sites excluding steroid dienone is 3. The van der Waals surface area contributed by atoms with E-state index in [0.29, 0.717) is 0 Å². The van der Waals surface area contributed by atoms with E-state index in [4.69, 9.17) is 0 Å². The van der Waals surface area contributed by atoms with Gasteiger partial charge in [0.05, 0.1) is 0 Å². The van der Waals surface area contributed by atoms with Crippen LogP contribution >= 0.6 is 0 Å². The van der Waals surface area contributed by atoms with Crippen molar-refractivity contribution in [2.24, 2.45) is 5.92 Å². The number of hydrogen-bond acceptors (Lipinski definition) is 2. The summed E-state index contributed by atoms with van der Waals surface area (Å²) in [6.45, 7) is 14.3. The average molecular weight is 222 g/mol. The summed E-state index contributed by atoms with van der Waals surface area (Å²) in [6.07, 6.45) is 8.34. The molecule has 0 amide bonds. The van der Waals surface area contributed by atoms with Gasteiger partial charge in [-0.2, -0.15) is 0 Å². The number of rotatable bonds is 6. The molecule has 92 valence electrons. The van der Waals surface area contributed by atoms with Gasteiger partial charge in [0.15, 0.2) is 0 Å². The van der Waals surface area contributed by atoms with Crippen molar-refractivity contribution in [3.63, 3.8) is 0 Å². The third-order valence-electron chi connectivity index (χ3n) is 3.16. The standard InChI is InChI=1S/C14H24N2.H2/c1-4-7-14(5-2)16-10-8-13(9-11-16)12-15-6-3;/h4-5,7,13,15H,1-2,6,8-12H2,3H3;1H/b14-7+;. The first-order valence-corrected chi connectivity index (χ1v) is 6.22. The quantitative estimate of drug-likeness (QED) is 0.695. The van der Waals surface area contributed by atoms with Crippen molar-refractivity contribution in [3.05, 3.63) is 37.1 Å². The highest BCUT2D eigenvalue weighted by molar-refractivity contribution is 5.20. The molecule has 1 saturated heterocycles. The molecule has 0 unspecified atom stereocenters. The Balaban J connectivity index is 0.00000256. The van der Waals surface area contributed by atoms with Crippen molar-refractivity contribution in [2.45, 2.75) is 19.8 Å². The van der Waals surface area contributed by atoms with E-state index in [1.165, 1.54) is 25.1 Å². The van der Waals surface area contributed by atoms with E-state index in [2.05, 4.69) is 30.3 Å². The molecule has 0 radical (unpaired) electrons. The second-order valence-electron chi connectivity index (χ2n) is 4.27. The number of nitrogens with zero attached hydrogens (tertiary/aromatic N) is 1. The summed E-state index contributed by atoms with van der Waals surface area (Å²) in [5.41, 5.74) is 1.21. The maximum Gasteiger partial charge on any atom is 0.0360 e. The van der Waals surface area contributed by atoms with Crippen LogP contribution < -0.4 is 5.32 Å². The second kappa shape index (κ2) is 7.29. The van der Waals surface area contributed by atoms with Crippen LogP contribution in [0.5, 0.6) is 0 Å². The van der Waals surface area contributed by atoms with E-state index in [1.807, 2.05) is 18.2 Å². The number of hydrogen-bond donors (Lipinski definition) is 1. The van der Waals surface area contributed by atoms with Crippen molar-refractivity contribution in [3.8, 4) is 0 Å². The zero-order chi connectivity index (χ0) is 11.8. The highest BCUT2D eigenvalue weighted by Crippen LogP contribution is 2.20. The third-order valence-corrected chi connectivity index (χ3v) is 3.16. The van der Waals surface area contributed by atoms with Crippen molar-refractivity contribution in [2.75, 3.05) is 26.2 Å². The zero-order valence-corrected chi connectivity index (χ0v) is 10.4. The lowest BCUT2D eigenvalue weighted by Crippen LogP contribution is -2.36. The van der Waals surface area contributed by atoms with Gasteiger partial charge in [-0.15, -0.1) is 0 Å². The molecule has 16 heavy (non-hydrogen) atoms. The Hall–Kier alpha value is -1.02. The molecule has 0 bridgehead atoms. The van der Waals surface area contributed by atoms with E-state index in [-0.39, 0.29) is 1.43 Å². The monoisotopic (exact) mass is 222 g/mol. The third kappa shape index (κ3) is 3.86. The Bertz CT molecular complexity index is 253. The summed E-state index contributed by atoms with van der Waals surface area (Å²) in [5, 5.41) is 3.43. The molecule has 1 heterocycles. The molecule has 0 aromatic carbocycles. The van der Waals surface area contributed by atoms with E-state index in [9.17, 15) is 0 Å². The van der Waals surface area contributed by atoms with Crippen LogP contribution in [0.1, 0.15) is 21.2 Å². The average Bonchev–Trinajstić information content (AvgIpc) is 2.34. The molecule has 2 nitrogen and oxygen atoms in total. The van der Waals surface area contributed by atoms with Gasteiger partial charge in [0.25, 0.3) is 0 Å². The number of piperidine rings is 1.